The van der Waals surface area contributed by atoms with E-state index in [4.69, 9.17) is 9.94 Å². The van der Waals surface area contributed by atoms with E-state index in [0.717, 1.165) is 12.0 Å². The summed E-state index contributed by atoms with van der Waals surface area (Å²) in [5.74, 6) is 1.06. The van der Waals surface area contributed by atoms with Gasteiger partial charge in [-0.1, -0.05) is 36.9 Å². The number of hydrogen-bond acceptors (Lipinski definition) is 5. The first-order valence-corrected chi connectivity index (χ1v) is 10.0. The molecular formula is C13H18N4O2Si. The van der Waals surface area contributed by atoms with E-state index in [1.807, 2.05) is 24.3 Å². The van der Waals surface area contributed by atoms with Gasteiger partial charge in [0.2, 0.25) is 5.84 Å². The number of aromatic nitrogens is 3. The first kappa shape index (κ1) is 14.3. The molecule has 0 saturated carbocycles. The second-order valence-corrected chi connectivity index (χ2v) is 11.1. The first-order chi connectivity index (χ1) is 9.49. The van der Waals surface area contributed by atoms with E-state index in [9.17, 15) is 0 Å². The van der Waals surface area contributed by atoms with Crippen LogP contribution in [0.1, 0.15) is 5.56 Å². The number of rotatable bonds is 4. The van der Waals surface area contributed by atoms with Gasteiger partial charge in [0, 0.05) is 5.56 Å². The van der Waals surface area contributed by atoms with Crippen molar-refractivity contribution in [2.24, 2.45) is 5.16 Å². The Labute approximate surface area is 118 Å². The molecule has 0 spiro atoms. The molecule has 0 aliphatic rings. The van der Waals surface area contributed by atoms with Crippen molar-refractivity contribution in [2.45, 2.75) is 19.6 Å². The zero-order chi connectivity index (χ0) is 14.6. The fourth-order valence-corrected chi connectivity index (χ4v) is 2.18. The van der Waals surface area contributed by atoms with Crippen LogP contribution in [0.15, 0.2) is 42.1 Å². The Morgan fingerprint density at radius 3 is 2.80 bits per heavy atom. The predicted octanol–water partition coefficient (Wildman–Crippen LogP) is 2.22. The maximum absolute atomic E-state index is 9.17. The highest BCUT2D eigenvalue weighted by Crippen LogP contribution is 2.16. The van der Waals surface area contributed by atoms with Crippen molar-refractivity contribution in [3.8, 4) is 5.75 Å². The smallest absolute Gasteiger partial charge is 0.201 e. The van der Waals surface area contributed by atoms with Crippen molar-refractivity contribution in [3.63, 3.8) is 0 Å². The Kier molecular flexibility index (Phi) is 4.19. The molecule has 1 heterocycles. The molecule has 2 rings (SSSR count). The Bertz CT molecular complexity index is 591. The van der Waals surface area contributed by atoms with Crippen LogP contribution in [0.4, 0.5) is 0 Å². The van der Waals surface area contributed by atoms with Crippen molar-refractivity contribution in [1.82, 2.24) is 14.8 Å². The van der Waals surface area contributed by atoms with Gasteiger partial charge >= 0.3 is 0 Å². The molecule has 20 heavy (non-hydrogen) atoms. The van der Waals surface area contributed by atoms with Gasteiger partial charge in [-0.2, -0.15) is 9.78 Å². The molecule has 0 radical (unpaired) electrons. The highest BCUT2D eigenvalue weighted by Gasteiger charge is 2.15. The molecule has 0 atom stereocenters. The molecule has 0 fully saturated rings. The summed E-state index contributed by atoms with van der Waals surface area (Å²) in [5.41, 5.74) is 0.714. The SMILES string of the molecule is C[Si](C)(C)COc1cccc(C(=NO)n2cncn2)c1. The van der Waals surface area contributed by atoms with Crippen molar-refractivity contribution in [3.05, 3.63) is 42.5 Å². The third kappa shape index (κ3) is 3.67. The summed E-state index contributed by atoms with van der Waals surface area (Å²) in [7, 11) is -1.28. The van der Waals surface area contributed by atoms with Crippen LogP contribution < -0.4 is 4.74 Å². The molecule has 1 aromatic carbocycles. The van der Waals surface area contributed by atoms with Gasteiger partial charge < -0.3 is 9.94 Å². The van der Waals surface area contributed by atoms with E-state index >= 15 is 0 Å². The summed E-state index contributed by atoms with van der Waals surface area (Å²) in [6.45, 7) is 6.73. The van der Waals surface area contributed by atoms with Crippen LogP contribution in [0.3, 0.4) is 0 Å². The summed E-state index contributed by atoms with van der Waals surface area (Å²) in [4.78, 5) is 3.84. The van der Waals surface area contributed by atoms with Crippen molar-refractivity contribution >= 4 is 13.9 Å². The van der Waals surface area contributed by atoms with E-state index in [1.165, 1.54) is 17.3 Å². The summed E-state index contributed by atoms with van der Waals surface area (Å²) < 4.78 is 7.20. The van der Waals surface area contributed by atoms with Gasteiger partial charge in [-0.15, -0.1) is 0 Å². The van der Waals surface area contributed by atoms with E-state index < -0.39 is 8.07 Å². The minimum absolute atomic E-state index is 0.306. The highest BCUT2D eigenvalue weighted by molar-refractivity contribution is 6.76. The number of oxime groups is 1. The van der Waals surface area contributed by atoms with Gasteiger partial charge in [0.05, 0.1) is 14.3 Å². The van der Waals surface area contributed by atoms with Gasteiger partial charge in [-0.25, -0.2) is 4.98 Å². The van der Waals surface area contributed by atoms with Crippen molar-refractivity contribution < 1.29 is 9.94 Å². The van der Waals surface area contributed by atoms with E-state index in [2.05, 4.69) is 34.9 Å². The van der Waals surface area contributed by atoms with Gasteiger partial charge in [0.15, 0.2) is 0 Å². The fraction of sp³-hybridized carbons (Fsp3) is 0.308. The zero-order valence-electron chi connectivity index (χ0n) is 11.8. The predicted molar refractivity (Wildman–Crippen MR) is 79.0 cm³/mol. The quantitative estimate of drug-likeness (QED) is 0.308. The minimum Gasteiger partial charge on any atom is -0.497 e. The first-order valence-electron chi connectivity index (χ1n) is 6.30. The van der Waals surface area contributed by atoms with E-state index in [-0.39, 0.29) is 0 Å². The van der Waals surface area contributed by atoms with Crippen LogP contribution in [-0.2, 0) is 0 Å². The van der Waals surface area contributed by atoms with Crippen LogP contribution in [-0.4, -0.2) is 40.1 Å². The molecule has 1 aromatic heterocycles. The summed E-state index contributed by atoms with van der Waals surface area (Å²) in [6.07, 6.45) is 3.60. The van der Waals surface area contributed by atoms with E-state index in [0.29, 0.717) is 11.4 Å². The Morgan fingerprint density at radius 1 is 1.40 bits per heavy atom. The van der Waals surface area contributed by atoms with Gasteiger partial charge in [-0.3, -0.25) is 0 Å². The standard InChI is InChI=1S/C13H18N4O2Si/c1-20(2,3)10-19-12-6-4-5-11(7-12)13(16-18)17-9-14-8-15-17/h4-9,18H,10H2,1-3H3. The largest absolute Gasteiger partial charge is 0.497 e. The third-order valence-corrected chi connectivity index (χ3v) is 3.50. The lowest BCUT2D eigenvalue weighted by molar-refractivity contribution is 0.316. The lowest BCUT2D eigenvalue weighted by Crippen LogP contribution is -2.30. The molecule has 6 nitrogen and oxygen atoms in total. The monoisotopic (exact) mass is 290 g/mol. The maximum Gasteiger partial charge on any atom is 0.201 e. The molecule has 2 aromatic rings. The maximum atomic E-state index is 9.17. The molecule has 1 N–H and O–H groups in total. The molecule has 0 aliphatic heterocycles. The number of ether oxygens (including phenoxy) is 1. The summed E-state index contributed by atoms with van der Waals surface area (Å²) in [6, 6.07) is 7.41. The minimum atomic E-state index is -1.28. The van der Waals surface area contributed by atoms with Crippen LogP contribution in [0.5, 0.6) is 5.75 Å². The van der Waals surface area contributed by atoms with Gasteiger partial charge in [0.25, 0.3) is 0 Å². The second-order valence-electron chi connectivity index (χ2n) is 5.64. The summed E-state index contributed by atoms with van der Waals surface area (Å²) in [5, 5.41) is 16.4. The number of hydrogen-bond donors (Lipinski definition) is 1. The topological polar surface area (TPSA) is 72.5 Å². The van der Waals surface area contributed by atoms with Crippen LogP contribution in [0, 0.1) is 0 Å². The molecule has 0 aliphatic carbocycles. The average Bonchev–Trinajstić information content (AvgIpc) is 2.91. The Morgan fingerprint density at radius 2 is 2.20 bits per heavy atom. The van der Waals surface area contributed by atoms with Gasteiger partial charge in [0.1, 0.15) is 18.4 Å². The average molecular weight is 290 g/mol. The molecule has 106 valence electrons. The highest BCUT2D eigenvalue weighted by atomic mass is 28.3. The Balaban J connectivity index is 2.21. The number of nitrogens with zero attached hydrogens (tertiary/aromatic N) is 4. The number of benzene rings is 1. The van der Waals surface area contributed by atoms with E-state index in [1.54, 1.807) is 0 Å². The molecule has 7 heteroatoms. The Hall–Kier alpha value is -2.15. The van der Waals surface area contributed by atoms with Crippen LogP contribution in [0.25, 0.3) is 0 Å². The molecule has 0 unspecified atom stereocenters. The zero-order valence-corrected chi connectivity index (χ0v) is 12.8. The third-order valence-electron chi connectivity index (χ3n) is 2.49. The van der Waals surface area contributed by atoms with Crippen LogP contribution >= 0.6 is 0 Å². The molecule has 0 saturated heterocycles. The summed E-state index contributed by atoms with van der Waals surface area (Å²) >= 11 is 0. The lowest BCUT2D eigenvalue weighted by Gasteiger charge is -2.17. The van der Waals surface area contributed by atoms with Crippen molar-refractivity contribution in [2.75, 3.05) is 6.23 Å². The fourth-order valence-electron chi connectivity index (χ4n) is 1.58. The normalized spacial score (nSPS) is 12.4. The molecule has 0 bridgehead atoms. The molecule has 0 amide bonds. The van der Waals surface area contributed by atoms with Crippen LogP contribution in [0.2, 0.25) is 19.6 Å². The molecular weight excluding hydrogens is 272 g/mol. The lowest BCUT2D eigenvalue weighted by atomic mass is 10.2. The van der Waals surface area contributed by atoms with Crippen molar-refractivity contribution in [1.29, 1.82) is 0 Å². The second kappa shape index (κ2) is 5.87. The van der Waals surface area contributed by atoms with Gasteiger partial charge in [-0.05, 0) is 12.1 Å².